The molecule has 0 saturated heterocycles. The molecule has 1 aromatic heterocycles. The van der Waals surface area contributed by atoms with Crippen LogP contribution in [0.25, 0.3) is 0 Å². The van der Waals surface area contributed by atoms with Crippen molar-refractivity contribution in [1.29, 1.82) is 0 Å². The fourth-order valence-corrected chi connectivity index (χ4v) is 2.28. The van der Waals surface area contributed by atoms with Gasteiger partial charge in [0.2, 0.25) is 0 Å². The van der Waals surface area contributed by atoms with E-state index in [1.807, 2.05) is 6.07 Å². The maximum Gasteiger partial charge on any atom is 0.126 e. The second kappa shape index (κ2) is 5.35. The van der Waals surface area contributed by atoms with E-state index in [-0.39, 0.29) is 11.9 Å². The van der Waals surface area contributed by atoms with Gasteiger partial charge in [0.15, 0.2) is 0 Å². The Bertz CT molecular complexity index is 485. The van der Waals surface area contributed by atoms with Crippen LogP contribution in [0.1, 0.15) is 22.0 Å². The Morgan fingerprint density at radius 2 is 2.35 bits per heavy atom. The van der Waals surface area contributed by atoms with Gasteiger partial charge in [0.05, 0.1) is 11.6 Å². The zero-order valence-corrected chi connectivity index (χ0v) is 10.3. The molecule has 3 nitrogen and oxygen atoms in total. The molecule has 90 valence electrons. The number of hydrazine groups is 1. The lowest BCUT2D eigenvalue weighted by atomic mass is 10.0. The Morgan fingerprint density at radius 3 is 2.94 bits per heavy atom. The van der Waals surface area contributed by atoms with Crippen LogP contribution in [-0.2, 0) is 6.42 Å². The van der Waals surface area contributed by atoms with Crippen LogP contribution < -0.4 is 11.3 Å². The molecule has 0 aliphatic carbocycles. The molecule has 3 N–H and O–H groups in total. The highest BCUT2D eigenvalue weighted by Gasteiger charge is 2.12. The fraction of sp³-hybridized carbons (Fsp3) is 0.250. The van der Waals surface area contributed by atoms with Gasteiger partial charge < -0.3 is 0 Å². The summed E-state index contributed by atoms with van der Waals surface area (Å²) in [5, 5.41) is 0. The molecular formula is C12H14FN3S. The summed E-state index contributed by atoms with van der Waals surface area (Å²) in [4.78, 5) is 5.13. The molecule has 0 radical (unpaired) electrons. The van der Waals surface area contributed by atoms with E-state index in [1.54, 1.807) is 36.0 Å². The van der Waals surface area contributed by atoms with Crippen molar-refractivity contribution in [2.45, 2.75) is 19.4 Å². The van der Waals surface area contributed by atoms with E-state index >= 15 is 0 Å². The molecule has 1 unspecified atom stereocenters. The third-order valence-corrected chi connectivity index (χ3v) is 3.49. The largest absolute Gasteiger partial charge is 0.271 e. The van der Waals surface area contributed by atoms with Gasteiger partial charge >= 0.3 is 0 Å². The number of halogens is 1. The monoisotopic (exact) mass is 251 g/mol. The van der Waals surface area contributed by atoms with Crippen molar-refractivity contribution in [3.8, 4) is 0 Å². The van der Waals surface area contributed by atoms with Gasteiger partial charge in [0, 0.05) is 17.5 Å². The zero-order valence-electron chi connectivity index (χ0n) is 9.48. The quantitative estimate of drug-likeness (QED) is 0.648. The van der Waals surface area contributed by atoms with E-state index in [1.165, 1.54) is 6.07 Å². The highest BCUT2D eigenvalue weighted by atomic mass is 32.1. The minimum absolute atomic E-state index is 0.0921. The number of aryl methyl sites for hydroxylation is 1. The predicted octanol–water partition coefficient (Wildman–Crippen LogP) is 2.34. The number of hydrogen-bond acceptors (Lipinski definition) is 4. The van der Waals surface area contributed by atoms with Crippen LogP contribution in [0.4, 0.5) is 4.39 Å². The second-order valence-corrected chi connectivity index (χ2v) is 4.87. The lowest BCUT2D eigenvalue weighted by Gasteiger charge is -2.15. The van der Waals surface area contributed by atoms with E-state index in [0.29, 0.717) is 12.0 Å². The molecule has 0 saturated carbocycles. The molecule has 0 bridgehead atoms. The zero-order chi connectivity index (χ0) is 12.3. The molecule has 1 aromatic carbocycles. The first-order chi connectivity index (χ1) is 8.20. The van der Waals surface area contributed by atoms with Gasteiger partial charge in [-0.25, -0.2) is 4.39 Å². The highest BCUT2D eigenvalue weighted by Crippen LogP contribution is 2.21. The van der Waals surface area contributed by atoms with E-state index in [9.17, 15) is 4.39 Å². The summed E-state index contributed by atoms with van der Waals surface area (Å²) in [7, 11) is 0. The summed E-state index contributed by atoms with van der Waals surface area (Å²) >= 11 is 1.57. The lowest BCUT2D eigenvalue weighted by Crippen LogP contribution is -2.29. The summed E-state index contributed by atoms with van der Waals surface area (Å²) in [6, 6.07) is 5.09. The molecule has 0 fully saturated rings. The van der Waals surface area contributed by atoms with E-state index in [4.69, 9.17) is 5.84 Å². The summed E-state index contributed by atoms with van der Waals surface area (Å²) in [6.07, 6.45) is 2.52. The van der Waals surface area contributed by atoms with Crippen molar-refractivity contribution in [1.82, 2.24) is 10.4 Å². The average Bonchev–Trinajstić information content (AvgIpc) is 2.82. The van der Waals surface area contributed by atoms with Crippen LogP contribution in [0.15, 0.2) is 29.9 Å². The number of thiazole rings is 1. The van der Waals surface area contributed by atoms with Gasteiger partial charge in [0.1, 0.15) is 5.82 Å². The Hall–Kier alpha value is -1.30. The minimum atomic E-state index is -0.202. The third kappa shape index (κ3) is 2.88. The molecule has 17 heavy (non-hydrogen) atoms. The number of nitrogens with zero attached hydrogens (tertiary/aromatic N) is 1. The Morgan fingerprint density at radius 1 is 1.53 bits per heavy atom. The van der Waals surface area contributed by atoms with Gasteiger partial charge in [-0.1, -0.05) is 12.1 Å². The first-order valence-corrected chi connectivity index (χ1v) is 6.18. The summed E-state index contributed by atoms with van der Waals surface area (Å²) in [6.45, 7) is 1.74. The maximum absolute atomic E-state index is 13.5. The molecule has 1 atom stereocenters. The number of nitrogens with one attached hydrogen (secondary N) is 1. The third-order valence-electron chi connectivity index (χ3n) is 2.69. The normalized spacial score (nSPS) is 12.6. The molecule has 2 aromatic rings. The van der Waals surface area contributed by atoms with Gasteiger partial charge in [0.25, 0.3) is 0 Å². The first kappa shape index (κ1) is 12.2. The SMILES string of the molecule is Cc1ccc(C(Cc2cncs2)NN)cc1F. The maximum atomic E-state index is 13.5. The molecule has 2 rings (SSSR count). The van der Waals surface area contributed by atoms with Gasteiger partial charge in [-0.3, -0.25) is 16.3 Å². The lowest BCUT2D eigenvalue weighted by molar-refractivity contribution is 0.546. The standard InChI is InChI=1S/C12H14FN3S/c1-8-2-3-9(4-11(8)13)12(16-14)5-10-6-15-7-17-10/h2-4,6-7,12,16H,5,14H2,1H3. The predicted molar refractivity (Wildman–Crippen MR) is 67.0 cm³/mol. The fourth-order valence-electron chi connectivity index (χ4n) is 1.64. The van der Waals surface area contributed by atoms with Crippen molar-refractivity contribution in [2.75, 3.05) is 0 Å². The first-order valence-electron chi connectivity index (χ1n) is 5.30. The smallest absolute Gasteiger partial charge is 0.126 e. The molecule has 0 aliphatic rings. The highest BCUT2D eigenvalue weighted by molar-refractivity contribution is 7.09. The summed E-state index contributed by atoms with van der Waals surface area (Å²) in [5.74, 6) is 5.32. The van der Waals surface area contributed by atoms with Crippen LogP contribution in [0, 0.1) is 12.7 Å². The topological polar surface area (TPSA) is 50.9 Å². The molecule has 0 aliphatic heterocycles. The van der Waals surface area contributed by atoms with Crippen LogP contribution in [0.2, 0.25) is 0 Å². The van der Waals surface area contributed by atoms with Crippen molar-refractivity contribution in [3.63, 3.8) is 0 Å². The Balaban J connectivity index is 2.20. The van der Waals surface area contributed by atoms with Gasteiger partial charge in [-0.15, -0.1) is 11.3 Å². The van der Waals surface area contributed by atoms with Crippen LogP contribution in [0.3, 0.4) is 0 Å². The van der Waals surface area contributed by atoms with E-state index in [2.05, 4.69) is 10.4 Å². The van der Waals surface area contributed by atoms with Crippen molar-refractivity contribution in [3.05, 3.63) is 51.7 Å². The van der Waals surface area contributed by atoms with Crippen molar-refractivity contribution < 1.29 is 4.39 Å². The molecule has 1 heterocycles. The number of rotatable bonds is 4. The van der Waals surface area contributed by atoms with Gasteiger partial charge in [-0.2, -0.15) is 0 Å². The van der Waals surface area contributed by atoms with Crippen LogP contribution in [0.5, 0.6) is 0 Å². The number of hydrogen-bond donors (Lipinski definition) is 2. The van der Waals surface area contributed by atoms with E-state index < -0.39 is 0 Å². The number of nitrogens with two attached hydrogens (primary N) is 1. The molecular weight excluding hydrogens is 237 g/mol. The van der Waals surface area contributed by atoms with E-state index in [0.717, 1.165) is 10.4 Å². The molecule has 5 heteroatoms. The molecule has 0 spiro atoms. The van der Waals surface area contributed by atoms with Crippen LogP contribution >= 0.6 is 11.3 Å². The second-order valence-electron chi connectivity index (χ2n) is 3.90. The average molecular weight is 251 g/mol. The van der Waals surface area contributed by atoms with Crippen molar-refractivity contribution >= 4 is 11.3 Å². The van der Waals surface area contributed by atoms with Gasteiger partial charge in [-0.05, 0) is 24.1 Å². The number of aromatic nitrogens is 1. The van der Waals surface area contributed by atoms with Crippen LogP contribution in [-0.4, -0.2) is 4.98 Å². The Kier molecular flexibility index (Phi) is 3.83. The Labute approximate surface area is 103 Å². The minimum Gasteiger partial charge on any atom is -0.271 e. The van der Waals surface area contributed by atoms with Crippen molar-refractivity contribution in [2.24, 2.45) is 5.84 Å². The molecule has 0 amide bonds. The summed E-state index contributed by atoms with van der Waals surface area (Å²) < 4.78 is 13.5. The number of benzene rings is 1. The summed E-state index contributed by atoms with van der Waals surface area (Å²) in [5.41, 5.74) is 5.98.